The number of rotatable bonds is 6. The molecule has 0 saturated carbocycles. The van der Waals surface area contributed by atoms with Crippen LogP contribution in [0.15, 0.2) is 18.2 Å². The first-order valence-corrected chi connectivity index (χ1v) is 6.70. The summed E-state index contributed by atoms with van der Waals surface area (Å²) >= 11 is 0. The number of hydrogen-bond acceptors (Lipinski definition) is 4. The van der Waals surface area contributed by atoms with Gasteiger partial charge in [0.1, 0.15) is 12.4 Å². The third-order valence-electron chi connectivity index (χ3n) is 2.98. The molecule has 0 saturated heterocycles. The summed E-state index contributed by atoms with van der Waals surface area (Å²) in [7, 11) is 3.64. The minimum absolute atomic E-state index is 0.149. The maximum atomic E-state index is 9.32. The number of benzene rings is 1. The van der Waals surface area contributed by atoms with Gasteiger partial charge in [-0.3, -0.25) is 0 Å². The van der Waals surface area contributed by atoms with E-state index in [-0.39, 0.29) is 12.7 Å². The first kappa shape index (κ1) is 16.5. The SMILES string of the molecule is COc1ccc(C#CCO)c(CN(C)CCC(C)O)c1. The normalized spacial score (nSPS) is 11.9. The highest BCUT2D eigenvalue weighted by atomic mass is 16.5. The molecule has 0 bridgehead atoms. The van der Waals surface area contributed by atoms with Crippen molar-refractivity contribution in [3.8, 4) is 17.6 Å². The minimum atomic E-state index is -0.295. The summed E-state index contributed by atoms with van der Waals surface area (Å²) in [6.45, 7) is 3.17. The van der Waals surface area contributed by atoms with E-state index in [9.17, 15) is 5.11 Å². The van der Waals surface area contributed by atoms with Gasteiger partial charge >= 0.3 is 0 Å². The summed E-state index contributed by atoms with van der Waals surface area (Å²) in [4.78, 5) is 2.13. The van der Waals surface area contributed by atoms with Crippen LogP contribution in [0, 0.1) is 11.8 Å². The molecule has 0 radical (unpaired) electrons. The summed E-state index contributed by atoms with van der Waals surface area (Å²) in [5.74, 6) is 6.42. The van der Waals surface area contributed by atoms with Crippen LogP contribution in [0.3, 0.4) is 0 Å². The third kappa shape index (κ3) is 5.62. The maximum Gasteiger partial charge on any atom is 0.119 e. The van der Waals surface area contributed by atoms with Crippen LogP contribution >= 0.6 is 0 Å². The van der Waals surface area contributed by atoms with Crippen molar-refractivity contribution in [1.82, 2.24) is 4.90 Å². The maximum absolute atomic E-state index is 9.32. The molecule has 4 heteroatoms. The van der Waals surface area contributed by atoms with Crippen molar-refractivity contribution in [1.29, 1.82) is 0 Å². The molecule has 0 aliphatic heterocycles. The number of aliphatic hydroxyl groups is 2. The highest BCUT2D eigenvalue weighted by Gasteiger charge is 2.07. The first-order chi connectivity index (χ1) is 9.56. The highest BCUT2D eigenvalue weighted by molar-refractivity contribution is 5.45. The zero-order valence-electron chi connectivity index (χ0n) is 12.4. The van der Waals surface area contributed by atoms with Crippen LogP contribution in [0.1, 0.15) is 24.5 Å². The molecule has 1 rings (SSSR count). The third-order valence-corrected chi connectivity index (χ3v) is 2.98. The average molecular weight is 277 g/mol. The molecule has 0 heterocycles. The van der Waals surface area contributed by atoms with Crippen LogP contribution in [-0.2, 0) is 6.54 Å². The zero-order valence-corrected chi connectivity index (χ0v) is 12.4. The van der Waals surface area contributed by atoms with Crippen molar-refractivity contribution >= 4 is 0 Å². The first-order valence-electron chi connectivity index (χ1n) is 6.70. The molecule has 110 valence electrons. The van der Waals surface area contributed by atoms with Gasteiger partial charge in [0.05, 0.1) is 13.2 Å². The fraction of sp³-hybridized carbons (Fsp3) is 0.500. The molecule has 0 aliphatic carbocycles. The molecule has 1 aromatic carbocycles. The lowest BCUT2D eigenvalue weighted by Gasteiger charge is -2.19. The van der Waals surface area contributed by atoms with E-state index in [0.29, 0.717) is 0 Å². The van der Waals surface area contributed by atoms with Gasteiger partial charge in [-0.15, -0.1) is 0 Å². The molecule has 0 aromatic heterocycles. The van der Waals surface area contributed by atoms with Crippen LogP contribution in [0.5, 0.6) is 5.75 Å². The van der Waals surface area contributed by atoms with Crippen LogP contribution in [0.2, 0.25) is 0 Å². The monoisotopic (exact) mass is 277 g/mol. The smallest absolute Gasteiger partial charge is 0.119 e. The molecular formula is C16H23NO3. The summed E-state index contributed by atoms with van der Waals surface area (Å²) < 4.78 is 5.24. The van der Waals surface area contributed by atoms with Crippen LogP contribution in [0.25, 0.3) is 0 Å². The number of aliphatic hydroxyl groups excluding tert-OH is 2. The quantitative estimate of drug-likeness (QED) is 0.768. The van der Waals surface area contributed by atoms with Gasteiger partial charge in [0.15, 0.2) is 0 Å². The van der Waals surface area contributed by atoms with Crippen molar-refractivity contribution in [2.24, 2.45) is 0 Å². The fourth-order valence-electron chi connectivity index (χ4n) is 1.86. The Kier molecular flexibility index (Phi) is 7.10. The molecule has 20 heavy (non-hydrogen) atoms. The Morgan fingerprint density at radius 3 is 2.75 bits per heavy atom. The van der Waals surface area contributed by atoms with Crippen molar-refractivity contribution in [3.63, 3.8) is 0 Å². The van der Waals surface area contributed by atoms with Crippen molar-refractivity contribution in [3.05, 3.63) is 29.3 Å². The molecule has 0 fully saturated rings. The van der Waals surface area contributed by atoms with Gasteiger partial charge in [-0.05, 0) is 44.2 Å². The lowest BCUT2D eigenvalue weighted by Crippen LogP contribution is -2.22. The Bertz CT molecular complexity index is 474. The van der Waals surface area contributed by atoms with Gasteiger partial charge < -0.3 is 19.8 Å². The molecule has 1 aromatic rings. The predicted molar refractivity (Wildman–Crippen MR) is 79.6 cm³/mol. The van der Waals surface area contributed by atoms with Gasteiger partial charge in [0.25, 0.3) is 0 Å². The predicted octanol–water partition coefficient (Wildman–Crippen LogP) is 1.24. The second kappa shape index (κ2) is 8.60. The second-order valence-corrected chi connectivity index (χ2v) is 4.86. The van der Waals surface area contributed by atoms with Gasteiger partial charge in [-0.25, -0.2) is 0 Å². The summed E-state index contributed by atoms with van der Waals surface area (Å²) in [5, 5.41) is 18.1. The van der Waals surface area contributed by atoms with E-state index in [2.05, 4.69) is 16.7 Å². The number of nitrogens with zero attached hydrogens (tertiary/aromatic N) is 1. The van der Waals surface area contributed by atoms with Crippen LogP contribution in [0.4, 0.5) is 0 Å². The molecule has 2 N–H and O–H groups in total. The Hall–Kier alpha value is -1.54. The minimum Gasteiger partial charge on any atom is -0.497 e. The van der Waals surface area contributed by atoms with Gasteiger partial charge in [0, 0.05) is 18.7 Å². The van der Waals surface area contributed by atoms with Crippen LogP contribution in [-0.4, -0.2) is 48.5 Å². The Morgan fingerprint density at radius 2 is 2.15 bits per heavy atom. The van der Waals surface area contributed by atoms with Crippen molar-refractivity contribution < 1.29 is 14.9 Å². The largest absolute Gasteiger partial charge is 0.497 e. The molecular weight excluding hydrogens is 254 g/mol. The van der Waals surface area contributed by atoms with Gasteiger partial charge in [-0.2, -0.15) is 0 Å². The van der Waals surface area contributed by atoms with Gasteiger partial charge in [0.2, 0.25) is 0 Å². The van der Waals surface area contributed by atoms with Crippen molar-refractivity contribution in [2.45, 2.75) is 26.0 Å². The van der Waals surface area contributed by atoms with E-state index in [4.69, 9.17) is 9.84 Å². The molecule has 1 unspecified atom stereocenters. The lowest BCUT2D eigenvalue weighted by atomic mass is 10.1. The van der Waals surface area contributed by atoms with Crippen molar-refractivity contribution in [2.75, 3.05) is 27.3 Å². The summed E-state index contributed by atoms with van der Waals surface area (Å²) in [5.41, 5.74) is 1.95. The lowest BCUT2D eigenvalue weighted by molar-refractivity contribution is 0.163. The fourth-order valence-corrected chi connectivity index (χ4v) is 1.86. The van der Waals surface area contributed by atoms with E-state index >= 15 is 0 Å². The molecule has 0 spiro atoms. The van der Waals surface area contributed by atoms with Crippen LogP contribution < -0.4 is 4.74 Å². The summed E-state index contributed by atoms with van der Waals surface area (Å²) in [6.07, 6.45) is 0.439. The molecule has 4 nitrogen and oxygen atoms in total. The standard InChI is InChI=1S/C16H23NO3/c1-13(19)8-9-17(2)12-15-11-16(20-3)7-6-14(15)5-4-10-18/h6-7,11,13,18-19H,8-10,12H2,1-3H3. The Labute approximate surface area is 121 Å². The van der Waals surface area contributed by atoms with E-state index in [0.717, 1.165) is 36.4 Å². The molecule has 0 amide bonds. The Balaban J connectivity index is 2.84. The number of hydrogen-bond donors (Lipinski definition) is 2. The second-order valence-electron chi connectivity index (χ2n) is 4.86. The topological polar surface area (TPSA) is 52.9 Å². The summed E-state index contributed by atoms with van der Waals surface area (Å²) in [6, 6.07) is 5.72. The number of methoxy groups -OCH3 is 1. The zero-order chi connectivity index (χ0) is 15.0. The van der Waals surface area contributed by atoms with E-state index in [1.165, 1.54) is 0 Å². The molecule has 1 atom stereocenters. The van der Waals surface area contributed by atoms with E-state index < -0.39 is 0 Å². The average Bonchev–Trinajstić information content (AvgIpc) is 2.43. The van der Waals surface area contributed by atoms with E-state index in [1.54, 1.807) is 14.0 Å². The number of ether oxygens (including phenoxy) is 1. The van der Waals surface area contributed by atoms with E-state index in [1.807, 2.05) is 25.2 Å². The highest BCUT2D eigenvalue weighted by Crippen LogP contribution is 2.18. The Morgan fingerprint density at radius 1 is 1.40 bits per heavy atom. The van der Waals surface area contributed by atoms with Gasteiger partial charge in [-0.1, -0.05) is 11.8 Å². The molecule has 0 aliphatic rings.